The van der Waals surface area contributed by atoms with Gasteiger partial charge in [0.1, 0.15) is 11.5 Å². The largest absolute Gasteiger partial charge is 0.455 e. The molecular weight excluding hydrogens is 621 g/mol. The summed E-state index contributed by atoms with van der Waals surface area (Å²) in [6, 6.07) is 52.7. The van der Waals surface area contributed by atoms with E-state index in [0.29, 0.717) is 5.82 Å². The van der Waals surface area contributed by atoms with Crippen molar-refractivity contribution in [3.8, 4) is 35.2 Å². The Bertz CT molecular complexity index is 2770. The molecule has 0 saturated heterocycles. The van der Waals surface area contributed by atoms with E-state index >= 15 is 0 Å². The van der Waals surface area contributed by atoms with E-state index < -0.39 is 5.41 Å². The van der Waals surface area contributed by atoms with Crippen LogP contribution in [0.3, 0.4) is 0 Å². The van der Waals surface area contributed by atoms with Gasteiger partial charge in [0, 0.05) is 38.4 Å². The molecule has 0 saturated carbocycles. The zero-order chi connectivity index (χ0) is 34.1. The molecule has 1 spiro atoms. The molecular formula is C48H30N2O. The molecule has 0 radical (unpaired) electrons. The van der Waals surface area contributed by atoms with Crippen molar-refractivity contribution >= 4 is 43.6 Å². The van der Waals surface area contributed by atoms with Crippen LogP contribution in [-0.2, 0) is 5.41 Å². The van der Waals surface area contributed by atoms with Gasteiger partial charge in [-0.15, -0.1) is 6.42 Å². The summed E-state index contributed by atoms with van der Waals surface area (Å²) in [7, 11) is 0. The smallest absolute Gasteiger partial charge is 0.160 e. The topological polar surface area (TPSA) is 35.0 Å². The molecule has 3 nitrogen and oxygen atoms in total. The van der Waals surface area contributed by atoms with Gasteiger partial charge in [-0.2, -0.15) is 0 Å². The maximum Gasteiger partial charge on any atom is 0.160 e. The lowest BCUT2D eigenvalue weighted by atomic mass is 9.64. The first kappa shape index (κ1) is 29.2. The molecule has 0 N–H and O–H groups in total. The third kappa shape index (κ3) is 4.14. The Kier molecular flexibility index (Phi) is 6.37. The molecule has 2 heterocycles. The van der Waals surface area contributed by atoms with Crippen molar-refractivity contribution in [3.63, 3.8) is 0 Å². The van der Waals surface area contributed by atoms with Crippen LogP contribution in [0.15, 0.2) is 163 Å². The zero-order valence-corrected chi connectivity index (χ0v) is 27.9. The van der Waals surface area contributed by atoms with Crippen LogP contribution in [0.1, 0.15) is 34.9 Å². The van der Waals surface area contributed by atoms with Crippen molar-refractivity contribution in [2.24, 2.45) is 0 Å². The van der Waals surface area contributed by atoms with E-state index in [9.17, 15) is 0 Å². The SMILES string of the molecule is C#CC1=C(/C=C(\C)c2nc(-c3ccccc3)nc3ccccc23)c2ccccc2C12c1ccc3ccccc3c1Oc1c2ccc2ccccc12. The molecule has 10 rings (SSSR count). The number of nitrogens with zero attached hydrogens (tertiary/aromatic N) is 2. The Labute approximate surface area is 296 Å². The third-order valence-corrected chi connectivity index (χ3v) is 10.6. The van der Waals surface area contributed by atoms with Crippen LogP contribution in [-0.4, -0.2) is 9.97 Å². The van der Waals surface area contributed by atoms with E-state index in [2.05, 4.69) is 140 Å². The molecule has 8 aromatic rings. The Hall–Kier alpha value is -6.76. The van der Waals surface area contributed by atoms with Gasteiger partial charge >= 0.3 is 0 Å². The predicted octanol–water partition coefficient (Wildman–Crippen LogP) is 11.5. The normalized spacial score (nSPS) is 14.3. The summed E-state index contributed by atoms with van der Waals surface area (Å²) in [5.41, 5.74) is 9.21. The number of aromatic nitrogens is 2. The fraction of sp³-hybridized carbons (Fsp3) is 0.0417. The number of ether oxygens (including phenoxy) is 1. The second-order valence-electron chi connectivity index (χ2n) is 13.3. The minimum absolute atomic E-state index is 0.692. The highest BCUT2D eigenvalue weighted by Gasteiger charge is 2.52. The van der Waals surface area contributed by atoms with Gasteiger partial charge in [-0.25, -0.2) is 9.97 Å². The van der Waals surface area contributed by atoms with Crippen molar-refractivity contribution in [2.75, 3.05) is 0 Å². The number of rotatable bonds is 3. The molecule has 0 fully saturated rings. The molecule has 1 aliphatic carbocycles. The minimum atomic E-state index is -0.780. The van der Waals surface area contributed by atoms with Crippen LogP contribution in [0.2, 0.25) is 0 Å². The van der Waals surface area contributed by atoms with Gasteiger partial charge in [-0.3, -0.25) is 0 Å². The summed E-state index contributed by atoms with van der Waals surface area (Å²) in [6.45, 7) is 2.13. The fourth-order valence-corrected chi connectivity index (χ4v) is 8.33. The summed E-state index contributed by atoms with van der Waals surface area (Å²) in [5, 5.41) is 5.35. The monoisotopic (exact) mass is 650 g/mol. The van der Waals surface area contributed by atoms with Gasteiger partial charge in [0.2, 0.25) is 0 Å². The number of hydrogen-bond acceptors (Lipinski definition) is 3. The lowest BCUT2D eigenvalue weighted by Gasteiger charge is -2.40. The summed E-state index contributed by atoms with van der Waals surface area (Å²) >= 11 is 0. The van der Waals surface area contributed by atoms with E-state index in [1.165, 1.54) is 0 Å². The van der Waals surface area contributed by atoms with Crippen LogP contribution < -0.4 is 4.74 Å². The van der Waals surface area contributed by atoms with E-state index in [-0.39, 0.29) is 0 Å². The van der Waals surface area contributed by atoms with Gasteiger partial charge in [0.15, 0.2) is 5.82 Å². The molecule has 51 heavy (non-hydrogen) atoms. The van der Waals surface area contributed by atoms with Crippen LogP contribution >= 0.6 is 0 Å². The van der Waals surface area contributed by atoms with E-state index in [4.69, 9.17) is 21.1 Å². The van der Waals surface area contributed by atoms with Gasteiger partial charge in [-0.05, 0) is 52.1 Å². The van der Waals surface area contributed by atoms with Crippen molar-refractivity contribution in [1.82, 2.24) is 9.97 Å². The molecule has 0 amide bonds. The van der Waals surface area contributed by atoms with Gasteiger partial charge in [-0.1, -0.05) is 152 Å². The zero-order valence-electron chi connectivity index (χ0n) is 27.9. The molecule has 0 bridgehead atoms. The highest BCUT2D eigenvalue weighted by atomic mass is 16.5. The quantitative estimate of drug-likeness (QED) is 0.179. The molecule has 3 heteroatoms. The van der Waals surface area contributed by atoms with E-state index in [1.807, 2.05) is 30.3 Å². The molecule has 238 valence electrons. The second kappa shape index (κ2) is 11.1. The number of allylic oxidation sites excluding steroid dienone is 4. The van der Waals surface area contributed by atoms with Crippen molar-refractivity contribution in [1.29, 1.82) is 0 Å². The standard InChI is InChI=1S/C48H30N2O/c1-3-39-38(29-30(2)44-37-22-12-14-24-43(37)49-47(50-44)33-17-5-4-6-18-33)36-21-11-13-23-40(36)48(39)41-27-25-31-15-7-9-19-34(31)45(41)51-46-35-20-10-8-16-32(35)26-28-42(46)48/h1,4-29H,2H3/b30-29+. The maximum absolute atomic E-state index is 7.06. The Morgan fingerprint density at radius 3 is 1.88 bits per heavy atom. The predicted molar refractivity (Wildman–Crippen MR) is 209 cm³/mol. The minimum Gasteiger partial charge on any atom is -0.455 e. The molecule has 1 aromatic heterocycles. The molecule has 0 atom stereocenters. The lowest BCUT2D eigenvalue weighted by molar-refractivity contribution is 0.447. The summed E-state index contributed by atoms with van der Waals surface area (Å²) in [4.78, 5) is 10.1. The average molecular weight is 651 g/mol. The van der Waals surface area contributed by atoms with Crippen molar-refractivity contribution < 1.29 is 4.74 Å². The number of para-hydroxylation sites is 1. The van der Waals surface area contributed by atoms with Gasteiger partial charge in [0.25, 0.3) is 0 Å². The van der Waals surface area contributed by atoms with Gasteiger partial charge in [0.05, 0.1) is 16.6 Å². The molecule has 2 aliphatic rings. The molecule has 0 unspecified atom stereocenters. The Morgan fingerprint density at radius 2 is 1.20 bits per heavy atom. The first-order valence-electron chi connectivity index (χ1n) is 17.2. The molecule has 7 aromatic carbocycles. The highest BCUT2D eigenvalue weighted by molar-refractivity contribution is 6.03. The van der Waals surface area contributed by atoms with Gasteiger partial charge < -0.3 is 4.74 Å². The first-order valence-corrected chi connectivity index (χ1v) is 17.2. The van der Waals surface area contributed by atoms with Crippen LogP contribution in [0.5, 0.6) is 11.5 Å². The van der Waals surface area contributed by atoms with E-state index in [0.717, 1.165) is 94.2 Å². The number of benzene rings is 7. The van der Waals surface area contributed by atoms with Crippen LogP contribution in [0.4, 0.5) is 0 Å². The summed E-state index contributed by atoms with van der Waals surface area (Å²) in [5.74, 6) is 5.66. The van der Waals surface area contributed by atoms with Crippen LogP contribution in [0, 0.1) is 12.3 Å². The summed E-state index contributed by atoms with van der Waals surface area (Å²) < 4.78 is 7.06. The van der Waals surface area contributed by atoms with Crippen molar-refractivity contribution in [2.45, 2.75) is 12.3 Å². The third-order valence-electron chi connectivity index (χ3n) is 10.6. The number of terminal acetylenes is 1. The van der Waals surface area contributed by atoms with E-state index in [1.54, 1.807) is 0 Å². The second-order valence-corrected chi connectivity index (χ2v) is 13.3. The highest BCUT2D eigenvalue weighted by Crippen LogP contribution is 2.63. The summed E-state index contributed by atoms with van der Waals surface area (Å²) in [6.07, 6.45) is 8.99. The number of fused-ring (bicyclic) bond motifs is 11. The maximum atomic E-state index is 7.06. The molecule has 1 aliphatic heterocycles. The average Bonchev–Trinajstić information content (AvgIpc) is 3.46. The lowest BCUT2D eigenvalue weighted by Crippen LogP contribution is -2.33. The fourth-order valence-electron chi connectivity index (χ4n) is 8.33. The Morgan fingerprint density at radius 1 is 0.608 bits per heavy atom. The van der Waals surface area contributed by atoms with Crippen LogP contribution in [0.25, 0.3) is 55.0 Å². The Balaban J connectivity index is 1.30. The van der Waals surface area contributed by atoms with Crippen molar-refractivity contribution in [3.05, 3.63) is 191 Å². The first-order chi connectivity index (χ1) is 25.2. The number of hydrogen-bond donors (Lipinski definition) is 0.